The zero-order chi connectivity index (χ0) is 14.3. The van der Waals surface area contributed by atoms with Crippen LogP contribution in [0.4, 0.5) is 0 Å². The van der Waals surface area contributed by atoms with Crippen molar-refractivity contribution in [2.45, 2.75) is 52.1 Å². The van der Waals surface area contributed by atoms with Gasteiger partial charge in [-0.3, -0.25) is 9.48 Å². The second kappa shape index (κ2) is 7.94. The summed E-state index contributed by atoms with van der Waals surface area (Å²) in [5.74, 6) is 0.0750. The summed E-state index contributed by atoms with van der Waals surface area (Å²) in [6.45, 7) is 6.84. The molecule has 0 aliphatic rings. The van der Waals surface area contributed by atoms with Crippen LogP contribution in [0.3, 0.4) is 0 Å². The smallest absolute Gasteiger partial charge is 0.237 e. The van der Waals surface area contributed by atoms with E-state index in [-0.39, 0.29) is 18.0 Å². The molecule has 0 bridgehead atoms. The van der Waals surface area contributed by atoms with Gasteiger partial charge in [0.15, 0.2) is 0 Å². The number of hydrogen-bond acceptors (Lipinski definition) is 3. The fraction of sp³-hybridized carbons (Fsp3) is 0.714. The van der Waals surface area contributed by atoms with Crippen molar-refractivity contribution >= 4 is 5.91 Å². The fourth-order valence-electron chi connectivity index (χ4n) is 2.03. The van der Waals surface area contributed by atoms with E-state index >= 15 is 0 Å². The van der Waals surface area contributed by atoms with Gasteiger partial charge in [-0.15, -0.1) is 0 Å². The fourth-order valence-corrected chi connectivity index (χ4v) is 2.03. The van der Waals surface area contributed by atoms with Crippen LogP contribution in [0.2, 0.25) is 0 Å². The number of aryl methyl sites for hydroxylation is 1. The van der Waals surface area contributed by atoms with Crippen molar-refractivity contribution in [1.29, 1.82) is 0 Å². The molecule has 2 atom stereocenters. The Morgan fingerprint density at radius 2 is 2.21 bits per heavy atom. The van der Waals surface area contributed by atoms with Crippen LogP contribution >= 0.6 is 0 Å². The maximum atomic E-state index is 11.9. The molecular weight excluding hydrogens is 240 g/mol. The molecule has 0 aliphatic heterocycles. The summed E-state index contributed by atoms with van der Waals surface area (Å²) in [4.78, 5) is 11.9. The molecule has 0 radical (unpaired) electrons. The predicted octanol–water partition coefficient (Wildman–Crippen LogP) is 1.25. The van der Waals surface area contributed by atoms with E-state index < -0.39 is 0 Å². The lowest BCUT2D eigenvalue weighted by Crippen LogP contribution is -2.46. The lowest BCUT2D eigenvalue weighted by Gasteiger charge is -2.18. The normalized spacial score (nSPS) is 14.1. The molecule has 2 unspecified atom stereocenters. The number of hydrogen-bond donors (Lipinski definition) is 2. The number of nitrogens with one attached hydrogen (secondary N) is 2. The largest absolute Gasteiger partial charge is 0.352 e. The minimum absolute atomic E-state index is 0.0750. The quantitative estimate of drug-likeness (QED) is 0.744. The summed E-state index contributed by atoms with van der Waals surface area (Å²) < 4.78 is 1.86. The maximum Gasteiger partial charge on any atom is 0.237 e. The van der Waals surface area contributed by atoms with Gasteiger partial charge in [-0.25, -0.2) is 0 Å². The Hall–Kier alpha value is -1.36. The van der Waals surface area contributed by atoms with Crippen LogP contribution in [-0.4, -0.2) is 34.3 Å². The number of aromatic nitrogens is 2. The predicted molar refractivity (Wildman–Crippen MR) is 76.9 cm³/mol. The Morgan fingerprint density at radius 1 is 1.47 bits per heavy atom. The second-order valence-electron chi connectivity index (χ2n) is 5.07. The number of nitrogens with zero attached hydrogens (tertiary/aromatic N) is 2. The Labute approximate surface area is 115 Å². The van der Waals surface area contributed by atoms with Crippen molar-refractivity contribution in [3.8, 4) is 0 Å². The third-order valence-electron chi connectivity index (χ3n) is 3.26. The van der Waals surface area contributed by atoms with Crippen LogP contribution in [0, 0.1) is 0 Å². The standard InChI is InChI=1S/C14H26N4O/c1-5-6-11(2)17-14(19)12(3)15-9-7-13-8-10-16-18(13)4/h8,10-12,15H,5-7,9H2,1-4H3,(H,17,19). The molecule has 1 aromatic heterocycles. The molecule has 0 fully saturated rings. The first-order valence-corrected chi connectivity index (χ1v) is 7.05. The van der Waals surface area contributed by atoms with Crippen LogP contribution in [-0.2, 0) is 18.3 Å². The van der Waals surface area contributed by atoms with E-state index in [0.29, 0.717) is 0 Å². The summed E-state index contributed by atoms with van der Waals surface area (Å²) in [7, 11) is 1.93. The highest BCUT2D eigenvalue weighted by molar-refractivity contribution is 5.81. The van der Waals surface area contributed by atoms with Crippen molar-refractivity contribution in [1.82, 2.24) is 20.4 Å². The van der Waals surface area contributed by atoms with Crippen molar-refractivity contribution < 1.29 is 4.79 Å². The Morgan fingerprint density at radius 3 is 2.79 bits per heavy atom. The van der Waals surface area contributed by atoms with Crippen molar-refractivity contribution in [2.75, 3.05) is 6.54 Å². The molecular formula is C14H26N4O. The molecule has 2 N–H and O–H groups in total. The minimum atomic E-state index is -0.160. The summed E-state index contributed by atoms with van der Waals surface area (Å²) in [5.41, 5.74) is 1.17. The highest BCUT2D eigenvalue weighted by Crippen LogP contribution is 1.98. The number of carbonyl (C=O) groups excluding carboxylic acids is 1. The first kappa shape index (κ1) is 15.7. The van der Waals surface area contributed by atoms with E-state index in [4.69, 9.17) is 0 Å². The Balaban J connectivity index is 2.25. The zero-order valence-electron chi connectivity index (χ0n) is 12.4. The van der Waals surface area contributed by atoms with Crippen LogP contribution in [0.5, 0.6) is 0 Å². The molecule has 19 heavy (non-hydrogen) atoms. The Bertz CT molecular complexity index is 389. The van der Waals surface area contributed by atoms with E-state index in [1.54, 1.807) is 6.20 Å². The molecule has 1 amide bonds. The molecule has 0 aromatic carbocycles. The summed E-state index contributed by atoms with van der Waals surface area (Å²) in [6, 6.07) is 2.08. The second-order valence-corrected chi connectivity index (χ2v) is 5.07. The van der Waals surface area contributed by atoms with Gasteiger partial charge in [-0.2, -0.15) is 5.10 Å². The average Bonchev–Trinajstić information content (AvgIpc) is 2.75. The molecule has 0 saturated heterocycles. The van der Waals surface area contributed by atoms with Gasteiger partial charge in [0.2, 0.25) is 5.91 Å². The number of amides is 1. The summed E-state index contributed by atoms with van der Waals surface area (Å²) in [6.07, 6.45) is 4.77. The lowest BCUT2D eigenvalue weighted by atomic mass is 10.2. The first-order valence-electron chi connectivity index (χ1n) is 7.05. The molecule has 5 heteroatoms. The van der Waals surface area contributed by atoms with Crippen molar-refractivity contribution in [3.63, 3.8) is 0 Å². The van der Waals surface area contributed by atoms with Gasteiger partial charge in [-0.05, 0) is 26.3 Å². The van der Waals surface area contributed by atoms with Gasteiger partial charge in [0.1, 0.15) is 0 Å². The minimum Gasteiger partial charge on any atom is -0.352 e. The van der Waals surface area contributed by atoms with Gasteiger partial charge >= 0.3 is 0 Å². The van der Waals surface area contributed by atoms with Crippen LogP contribution < -0.4 is 10.6 Å². The molecule has 0 aliphatic carbocycles. The zero-order valence-corrected chi connectivity index (χ0v) is 12.4. The molecule has 1 aromatic rings. The first-order chi connectivity index (χ1) is 9.04. The maximum absolute atomic E-state index is 11.9. The average molecular weight is 266 g/mol. The summed E-state index contributed by atoms with van der Waals surface area (Å²) >= 11 is 0. The number of carbonyl (C=O) groups is 1. The molecule has 0 saturated carbocycles. The summed E-state index contributed by atoms with van der Waals surface area (Å²) in [5, 5.41) is 10.4. The van der Waals surface area contributed by atoms with E-state index in [0.717, 1.165) is 25.8 Å². The van der Waals surface area contributed by atoms with E-state index in [1.165, 1.54) is 5.69 Å². The SMILES string of the molecule is CCCC(C)NC(=O)C(C)NCCc1ccnn1C. The third-order valence-corrected chi connectivity index (χ3v) is 3.26. The number of rotatable bonds is 8. The van der Waals surface area contributed by atoms with Gasteiger partial charge in [0.05, 0.1) is 6.04 Å². The van der Waals surface area contributed by atoms with Gasteiger partial charge in [0, 0.05) is 37.9 Å². The Kier molecular flexibility index (Phi) is 6.56. The van der Waals surface area contributed by atoms with Crippen LogP contribution in [0.15, 0.2) is 12.3 Å². The third kappa shape index (κ3) is 5.42. The molecule has 1 rings (SSSR count). The highest BCUT2D eigenvalue weighted by atomic mass is 16.2. The van der Waals surface area contributed by atoms with Gasteiger partial charge in [0.25, 0.3) is 0 Å². The molecule has 5 nitrogen and oxygen atoms in total. The lowest BCUT2D eigenvalue weighted by molar-refractivity contribution is -0.123. The highest BCUT2D eigenvalue weighted by Gasteiger charge is 2.14. The van der Waals surface area contributed by atoms with Crippen LogP contribution in [0.25, 0.3) is 0 Å². The van der Waals surface area contributed by atoms with E-state index in [2.05, 4.69) is 22.7 Å². The monoisotopic (exact) mass is 266 g/mol. The van der Waals surface area contributed by atoms with Crippen LogP contribution in [0.1, 0.15) is 39.3 Å². The van der Waals surface area contributed by atoms with E-state index in [1.807, 2.05) is 31.6 Å². The molecule has 108 valence electrons. The van der Waals surface area contributed by atoms with Gasteiger partial charge < -0.3 is 10.6 Å². The van der Waals surface area contributed by atoms with E-state index in [9.17, 15) is 4.79 Å². The topological polar surface area (TPSA) is 59.0 Å². The van der Waals surface area contributed by atoms with Crippen molar-refractivity contribution in [2.24, 2.45) is 7.05 Å². The van der Waals surface area contributed by atoms with Crippen molar-refractivity contribution in [3.05, 3.63) is 18.0 Å². The molecule has 0 spiro atoms. The molecule has 1 heterocycles. The van der Waals surface area contributed by atoms with Gasteiger partial charge in [-0.1, -0.05) is 13.3 Å².